The van der Waals surface area contributed by atoms with Crippen LogP contribution in [-0.2, 0) is 22.6 Å². The minimum atomic E-state index is -0.337. The largest absolute Gasteiger partial charge is 0.353 e. The second-order valence-electron chi connectivity index (χ2n) is 7.49. The summed E-state index contributed by atoms with van der Waals surface area (Å²) in [7, 11) is 0. The van der Waals surface area contributed by atoms with Crippen LogP contribution in [0.25, 0.3) is 0 Å². The molecule has 1 heterocycles. The number of rotatable bonds is 5. The molecule has 1 aromatic carbocycles. The summed E-state index contributed by atoms with van der Waals surface area (Å²) >= 11 is 0. The van der Waals surface area contributed by atoms with Crippen LogP contribution < -0.4 is 16.0 Å². The van der Waals surface area contributed by atoms with Gasteiger partial charge in [0.05, 0.1) is 5.69 Å². The monoisotopic (exact) mass is 361 g/mol. The van der Waals surface area contributed by atoms with Crippen LogP contribution in [0.15, 0.2) is 12.1 Å². The van der Waals surface area contributed by atoms with Crippen LogP contribution >= 0.6 is 0 Å². The molecule has 1 saturated carbocycles. The number of nitrogens with one attached hydrogen (secondary N) is 3. The van der Waals surface area contributed by atoms with E-state index in [0.717, 1.165) is 37.8 Å². The van der Waals surface area contributed by atoms with Crippen molar-refractivity contribution in [2.45, 2.75) is 64.5 Å². The van der Waals surface area contributed by atoms with Gasteiger partial charge in [0.2, 0.25) is 11.8 Å². The average Bonchev–Trinajstić information content (AvgIpc) is 2.65. The molecule has 3 rings (SSSR count). The summed E-state index contributed by atoms with van der Waals surface area (Å²) in [6, 6.07) is 3.20. The van der Waals surface area contributed by atoms with E-state index in [2.05, 4.69) is 16.0 Å². The predicted octanol–water partition coefficient (Wildman–Crippen LogP) is 2.89. The highest BCUT2D eigenvalue weighted by Crippen LogP contribution is 2.25. The van der Waals surface area contributed by atoms with Crippen molar-refractivity contribution in [2.24, 2.45) is 5.92 Å². The van der Waals surface area contributed by atoms with Crippen molar-refractivity contribution in [1.29, 1.82) is 0 Å². The van der Waals surface area contributed by atoms with E-state index in [1.807, 2.05) is 13.0 Å². The second-order valence-corrected chi connectivity index (χ2v) is 7.49. The third-order valence-corrected chi connectivity index (χ3v) is 5.34. The standard InChI is InChI=1S/C20H28FN3O2/c1-13(23-20(26)14-5-3-2-4-6-14)11-18(25)24-17-8-7-15-12-22-10-9-16(15)19(17)21/h7-8,13-14,22H,2-6,9-12H2,1H3,(H,23,26)(H,24,25). The lowest BCUT2D eigenvalue weighted by Gasteiger charge is -2.23. The molecule has 142 valence electrons. The maximum Gasteiger partial charge on any atom is 0.226 e. The molecule has 0 radical (unpaired) electrons. The molecule has 6 heteroatoms. The SMILES string of the molecule is CC(CC(=O)Nc1ccc2c(c1F)CCNC2)NC(=O)C1CCCCC1. The molecule has 3 N–H and O–H groups in total. The van der Waals surface area contributed by atoms with Crippen molar-refractivity contribution < 1.29 is 14.0 Å². The Bertz CT molecular complexity index is 671. The summed E-state index contributed by atoms with van der Waals surface area (Å²) in [6.07, 6.45) is 6.01. The van der Waals surface area contributed by atoms with E-state index >= 15 is 0 Å². The van der Waals surface area contributed by atoms with Gasteiger partial charge in [-0.05, 0) is 49.9 Å². The number of carbonyl (C=O) groups is 2. The van der Waals surface area contributed by atoms with Crippen molar-refractivity contribution in [2.75, 3.05) is 11.9 Å². The van der Waals surface area contributed by atoms with Crippen LogP contribution in [0.2, 0.25) is 0 Å². The molecule has 1 aliphatic carbocycles. The molecule has 1 unspecified atom stereocenters. The van der Waals surface area contributed by atoms with Gasteiger partial charge in [-0.3, -0.25) is 9.59 Å². The number of hydrogen-bond donors (Lipinski definition) is 3. The van der Waals surface area contributed by atoms with Gasteiger partial charge >= 0.3 is 0 Å². The van der Waals surface area contributed by atoms with E-state index in [9.17, 15) is 14.0 Å². The van der Waals surface area contributed by atoms with Gasteiger partial charge in [-0.25, -0.2) is 4.39 Å². The van der Waals surface area contributed by atoms with Crippen LogP contribution in [0.4, 0.5) is 10.1 Å². The molecule has 0 spiro atoms. The maximum absolute atomic E-state index is 14.6. The Morgan fingerprint density at radius 1 is 1.27 bits per heavy atom. The molecule has 0 saturated heterocycles. The fourth-order valence-corrected chi connectivity index (χ4v) is 3.89. The summed E-state index contributed by atoms with van der Waals surface area (Å²) in [5.74, 6) is -0.510. The molecular formula is C20H28FN3O2. The Morgan fingerprint density at radius 2 is 2.04 bits per heavy atom. The van der Waals surface area contributed by atoms with E-state index in [-0.39, 0.29) is 41.7 Å². The topological polar surface area (TPSA) is 70.2 Å². The van der Waals surface area contributed by atoms with Gasteiger partial charge in [0.15, 0.2) is 0 Å². The maximum atomic E-state index is 14.6. The van der Waals surface area contributed by atoms with Gasteiger partial charge in [-0.15, -0.1) is 0 Å². The van der Waals surface area contributed by atoms with Gasteiger partial charge in [0.1, 0.15) is 5.82 Å². The predicted molar refractivity (Wildman–Crippen MR) is 99.2 cm³/mol. The van der Waals surface area contributed by atoms with Crippen molar-refractivity contribution in [1.82, 2.24) is 10.6 Å². The first-order valence-corrected chi connectivity index (χ1v) is 9.66. The first-order valence-electron chi connectivity index (χ1n) is 9.66. The Hall–Kier alpha value is -1.95. The summed E-state index contributed by atoms with van der Waals surface area (Å²) in [5.41, 5.74) is 1.85. The van der Waals surface area contributed by atoms with E-state index in [4.69, 9.17) is 0 Å². The zero-order chi connectivity index (χ0) is 18.5. The Balaban J connectivity index is 1.52. The molecule has 0 bridgehead atoms. The van der Waals surface area contributed by atoms with Crippen LogP contribution in [0, 0.1) is 11.7 Å². The normalized spacial score (nSPS) is 18.7. The number of anilines is 1. The van der Waals surface area contributed by atoms with E-state index in [1.165, 1.54) is 6.42 Å². The summed E-state index contributed by atoms with van der Waals surface area (Å²) in [5, 5.41) is 8.79. The lowest BCUT2D eigenvalue weighted by Crippen LogP contribution is -2.39. The molecule has 2 aliphatic rings. The van der Waals surface area contributed by atoms with Crippen LogP contribution in [0.1, 0.15) is 56.6 Å². The van der Waals surface area contributed by atoms with E-state index < -0.39 is 0 Å². The summed E-state index contributed by atoms with van der Waals surface area (Å²) in [4.78, 5) is 24.5. The summed E-state index contributed by atoms with van der Waals surface area (Å²) in [6.45, 7) is 3.21. The summed E-state index contributed by atoms with van der Waals surface area (Å²) < 4.78 is 14.6. The number of fused-ring (bicyclic) bond motifs is 1. The Morgan fingerprint density at radius 3 is 2.81 bits per heavy atom. The van der Waals surface area contributed by atoms with Crippen LogP contribution in [0.5, 0.6) is 0 Å². The number of halogens is 1. The molecule has 2 amide bonds. The van der Waals surface area contributed by atoms with Crippen molar-refractivity contribution in [3.05, 3.63) is 29.1 Å². The number of hydrogen-bond acceptors (Lipinski definition) is 3. The Labute approximate surface area is 154 Å². The average molecular weight is 361 g/mol. The van der Waals surface area contributed by atoms with Crippen molar-refractivity contribution in [3.8, 4) is 0 Å². The van der Waals surface area contributed by atoms with Gasteiger partial charge in [0, 0.05) is 24.9 Å². The zero-order valence-corrected chi connectivity index (χ0v) is 15.4. The van der Waals surface area contributed by atoms with E-state index in [1.54, 1.807) is 6.07 Å². The molecule has 5 nitrogen and oxygen atoms in total. The number of carbonyl (C=O) groups excluding carboxylic acids is 2. The van der Waals surface area contributed by atoms with Crippen LogP contribution in [-0.4, -0.2) is 24.4 Å². The molecule has 1 fully saturated rings. The molecule has 1 aromatic rings. The van der Waals surface area contributed by atoms with Gasteiger partial charge < -0.3 is 16.0 Å². The highest BCUT2D eigenvalue weighted by Gasteiger charge is 2.23. The fourth-order valence-electron chi connectivity index (χ4n) is 3.89. The second kappa shape index (κ2) is 8.62. The van der Waals surface area contributed by atoms with E-state index in [0.29, 0.717) is 18.5 Å². The smallest absolute Gasteiger partial charge is 0.226 e. The highest BCUT2D eigenvalue weighted by molar-refractivity contribution is 5.92. The quantitative estimate of drug-likeness (QED) is 0.755. The molecular weight excluding hydrogens is 333 g/mol. The first kappa shape index (κ1) is 18.8. The van der Waals surface area contributed by atoms with Crippen molar-refractivity contribution in [3.63, 3.8) is 0 Å². The molecule has 1 atom stereocenters. The van der Waals surface area contributed by atoms with Gasteiger partial charge in [-0.2, -0.15) is 0 Å². The lowest BCUT2D eigenvalue weighted by molar-refractivity contribution is -0.126. The minimum absolute atomic E-state index is 0.0393. The molecule has 1 aliphatic heterocycles. The third-order valence-electron chi connectivity index (χ3n) is 5.34. The minimum Gasteiger partial charge on any atom is -0.353 e. The van der Waals surface area contributed by atoms with Gasteiger partial charge in [-0.1, -0.05) is 25.3 Å². The van der Waals surface area contributed by atoms with Gasteiger partial charge in [0.25, 0.3) is 0 Å². The first-order chi connectivity index (χ1) is 12.5. The molecule has 26 heavy (non-hydrogen) atoms. The number of amides is 2. The lowest BCUT2D eigenvalue weighted by atomic mass is 9.88. The molecule has 0 aromatic heterocycles. The third kappa shape index (κ3) is 4.61. The zero-order valence-electron chi connectivity index (χ0n) is 15.4. The highest BCUT2D eigenvalue weighted by atomic mass is 19.1. The van der Waals surface area contributed by atoms with Crippen molar-refractivity contribution >= 4 is 17.5 Å². The Kier molecular flexibility index (Phi) is 6.25. The fraction of sp³-hybridized carbons (Fsp3) is 0.600. The van der Waals surface area contributed by atoms with Crippen LogP contribution in [0.3, 0.4) is 0 Å². The number of benzene rings is 1.